The number of aromatic nitrogens is 3. The van der Waals surface area contributed by atoms with E-state index in [1.54, 1.807) is 0 Å². The average molecular weight is 904 g/mol. The first-order valence-electron chi connectivity index (χ1n) is 18.3. The summed E-state index contributed by atoms with van der Waals surface area (Å²) in [4.78, 5) is 10.1. The molecule has 0 bridgehead atoms. The van der Waals surface area contributed by atoms with Crippen molar-refractivity contribution < 1.29 is 30.6 Å². The number of para-hydroxylation sites is 1. The number of phenols is 1. The minimum absolute atomic E-state index is 0. The molecule has 0 fully saturated rings. The van der Waals surface area contributed by atoms with E-state index in [9.17, 15) is 5.11 Å². The van der Waals surface area contributed by atoms with Crippen LogP contribution in [0.5, 0.6) is 5.75 Å². The number of phenolic OH excluding ortho intramolecular Hbond substituents is 1. The molecule has 10 aromatic rings. The molecule has 0 unspecified atom stereocenters. The van der Waals surface area contributed by atoms with Crippen LogP contribution < -0.4 is 0 Å². The Morgan fingerprint density at radius 3 is 2.00 bits per heavy atom. The fourth-order valence-electron chi connectivity index (χ4n) is 7.76. The second kappa shape index (κ2) is 14.3. The van der Waals surface area contributed by atoms with Crippen LogP contribution in [0.4, 0.5) is 0 Å². The summed E-state index contributed by atoms with van der Waals surface area (Å²) in [5, 5.41) is 15.5. The number of nitrogens with zero attached hydrogens (tertiary/aromatic N) is 3. The predicted molar refractivity (Wildman–Crippen MR) is 224 cm³/mol. The summed E-state index contributed by atoms with van der Waals surface area (Å²) in [5.41, 5.74) is 13.8. The Kier molecular flexibility index (Phi) is 8.96. The number of hydrogen-bond donors (Lipinski definition) is 1. The van der Waals surface area contributed by atoms with Gasteiger partial charge in [0, 0.05) is 83.9 Å². The summed E-state index contributed by atoms with van der Waals surface area (Å²) in [6, 6.07) is 59.2. The monoisotopic (exact) mass is 903 g/mol. The molecule has 0 amide bonds. The van der Waals surface area contributed by atoms with Crippen molar-refractivity contribution in [1.82, 2.24) is 14.5 Å². The first-order chi connectivity index (χ1) is 27.0. The van der Waals surface area contributed by atoms with E-state index in [0.29, 0.717) is 11.3 Å². The van der Waals surface area contributed by atoms with Crippen molar-refractivity contribution in [2.24, 2.45) is 7.05 Å². The zero-order valence-corrected chi connectivity index (χ0v) is 32.9. The molecule has 0 aliphatic carbocycles. The van der Waals surface area contributed by atoms with Gasteiger partial charge in [-0.2, -0.15) is 0 Å². The van der Waals surface area contributed by atoms with Crippen molar-refractivity contribution in [3.05, 3.63) is 176 Å². The number of fused-ring (bicyclic) bond motifs is 4. The van der Waals surface area contributed by atoms with Crippen molar-refractivity contribution in [2.75, 3.05) is 0 Å². The fourth-order valence-corrected chi connectivity index (χ4v) is 7.76. The predicted octanol–water partition coefficient (Wildman–Crippen LogP) is 12.7. The van der Waals surface area contributed by atoms with Gasteiger partial charge in [0.15, 0.2) is 0 Å². The van der Waals surface area contributed by atoms with Crippen molar-refractivity contribution >= 4 is 32.7 Å². The van der Waals surface area contributed by atoms with E-state index in [4.69, 9.17) is 14.4 Å². The van der Waals surface area contributed by atoms with Crippen LogP contribution in [0.3, 0.4) is 0 Å². The Hall–Kier alpha value is -6.55. The molecule has 0 saturated carbocycles. The van der Waals surface area contributed by atoms with E-state index in [0.717, 1.165) is 94.6 Å². The van der Waals surface area contributed by atoms with Crippen LogP contribution >= 0.6 is 0 Å². The van der Waals surface area contributed by atoms with Crippen LogP contribution in [0.2, 0.25) is 0 Å². The zero-order chi connectivity index (χ0) is 37.0. The van der Waals surface area contributed by atoms with Gasteiger partial charge < -0.3 is 14.1 Å². The van der Waals surface area contributed by atoms with Crippen molar-refractivity contribution in [2.45, 2.75) is 6.92 Å². The standard InChI is InChI=1S/C50H34N3O2.Pt/c1-31-25-38(47-24-23-46(53(47)2)36-20-21-41-40-17-8-9-18-48(40)55-49(41)30-36)29-43(51-31)34-14-10-15-35(26-34)44-27-37(32-11-4-3-5-12-32)28-45(52-44)42-22-19-33-13-6-7-16-39(33)50(42)54;/h3-25,27-30,54H,1-2H3;/q-1;. The first kappa shape index (κ1) is 35.2. The largest absolute Gasteiger partial charge is 0.507 e. The molecule has 6 heteroatoms. The van der Waals surface area contributed by atoms with Gasteiger partial charge in [-0.3, -0.25) is 9.97 Å². The molecule has 0 spiro atoms. The Morgan fingerprint density at radius 1 is 0.518 bits per heavy atom. The topological polar surface area (TPSA) is 64.1 Å². The molecular formula is C50H34N3O2Pt-. The molecular weight excluding hydrogens is 870 g/mol. The van der Waals surface area contributed by atoms with Crippen molar-refractivity contribution in [3.63, 3.8) is 0 Å². The van der Waals surface area contributed by atoms with E-state index in [-0.39, 0.29) is 26.8 Å². The van der Waals surface area contributed by atoms with Crippen LogP contribution in [-0.2, 0) is 28.1 Å². The molecule has 4 heterocycles. The Labute approximate surface area is 338 Å². The van der Waals surface area contributed by atoms with Crippen LogP contribution in [0.15, 0.2) is 168 Å². The third-order valence-corrected chi connectivity index (χ3v) is 10.5. The number of pyridine rings is 2. The third kappa shape index (κ3) is 6.20. The number of rotatable bonds is 6. The molecule has 6 aromatic carbocycles. The number of aromatic hydroxyl groups is 1. The molecule has 5 nitrogen and oxygen atoms in total. The SMILES string of the molecule is Cc1cc(-c2ccc(-c3ccc4c(c3)oc3ccccc34)n2C)cc(-c2[c-]c(-c3cc(-c4ccccc4)cc(-c4ccc5ccccc5c4O)n3)ccc2)n1.[Pt]. The van der Waals surface area contributed by atoms with Gasteiger partial charge in [-0.15, -0.1) is 24.3 Å². The van der Waals surface area contributed by atoms with E-state index in [1.165, 1.54) is 0 Å². The van der Waals surface area contributed by atoms with Crippen LogP contribution in [-0.4, -0.2) is 19.6 Å². The maximum absolute atomic E-state index is 11.5. The summed E-state index contributed by atoms with van der Waals surface area (Å²) in [5.74, 6) is 0.217. The van der Waals surface area contributed by atoms with Gasteiger partial charge in [-0.05, 0) is 77.5 Å². The average Bonchev–Trinajstić information content (AvgIpc) is 3.80. The molecule has 1 N–H and O–H groups in total. The first-order valence-corrected chi connectivity index (χ1v) is 18.3. The molecule has 56 heavy (non-hydrogen) atoms. The molecule has 272 valence electrons. The van der Waals surface area contributed by atoms with E-state index in [1.807, 2.05) is 104 Å². The Balaban J connectivity index is 0.00000410. The van der Waals surface area contributed by atoms with Gasteiger partial charge in [0.25, 0.3) is 0 Å². The number of furan rings is 1. The maximum atomic E-state index is 11.5. The quantitative estimate of drug-likeness (QED) is 0.169. The number of aryl methyl sites for hydroxylation is 1. The fraction of sp³-hybridized carbons (Fsp3) is 0.0400. The number of benzene rings is 6. The van der Waals surface area contributed by atoms with E-state index in [2.05, 4.69) is 84.4 Å². The molecule has 4 aromatic heterocycles. The molecule has 0 atom stereocenters. The van der Waals surface area contributed by atoms with Crippen LogP contribution in [0.25, 0.3) is 100 Å². The van der Waals surface area contributed by atoms with E-state index >= 15 is 0 Å². The summed E-state index contributed by atoms with van der Waals surface area (Å²) >= 11 is 0. The van der Waals surface area contributed by atoms with Gasteiger partial charge in [0.05, 0.1) is 5.69 Å². The van der Waals surface area contributed by atoms with Crippen molar-refractivity contribution in [3.8, 4) is 73.2 Å². The zero-order valence-electron chi connectivity index (χ0n) is 30.6. The van der Waals surface area contributed by atoms with Gasteiger partial charge in [0.1, 0.15) is 16.9 Å². The van der Waals surface area contributed by atoms with Crippen LogP contribution in [0, 0.1) is 13.0 Å². The summed E-state index contributed by atoms with van der Waals surface area (Å²) in [6.45, 7) is 2.03. The second-order valence-corrected chi connectivity index (χ2v) is 14.0. The number of hydrogen-bond acceptors (Lipinski definition) is 4. The van der Waals surface area contributed by atoms with Crippen molar-refractivity contribution in [1.29, 1.82) is 0 Å². The Bertz CT molecular complexity index is 3090. The van der Waals surface area contributed by atoms with Gasteiger partial charge >= 0.3 is 0 Å². The second-order valence-electron chi connectivity index (χ2n) is 14.0. The maximum Gasteiger partial charge on any atom is 0.136 e. The van der Waals surface area contributed by atoms with Gasteiger partial charge in [-0.25, -0.2) is 0 Å². The van der Waals surface area contributed by atoms with E-state index < -0.39 is 0 Å². The van der Waals surface area contributed by atoms with Gasteiger partial charge in [0.2, 0.25) is 0 Å². The molecule has 0 aliphatic heterocycles. The summed E-state index contributed by atoms with van der Waals surface area (Å²) in [7, 11) is 2.10. The summed E-state index contributed by atoms with van der Waals surface area (Å²) in [6.07, 6.45) is 0. The normalized spacial score (nSPS) is 11.3. The molecule has 0 saturated heterocycles. The molecule has 10 rings (SSSR count). The molecule has 0 aliphatic rings. The summed E-state index contributed by atoms with van der Waals surface area (Å²) < 4.78 is 8.44. The smallest absolute Gasteiger partial charge is 0.136 e. The van der Waals surface area contributed by atoms with Gasteiger partial charge in [-0.1, -0.05) is 108 Å². The minimum Gasteiger partial charge on any atom is -0.507 e. The third-order valence-electron chi connectivity index (χ3n) is 10.5. The van der Waals surface area contributed by atoms with Crippen LogP contribution in [0.1, 0.15) is 5.69 Å². The molecule has 0 radical (unpaired) electrons. The minimum atomic E-state index is 0. The Morgan fingerprint density at radius 2 is 1.18 bits per heavy atom.